The van der Waals surface area contributed by atoms with E-state index in [1.54, 1.807) is 45.5 Å². The van der Waals surface area contributed by atoms with Crippen molar-refractivity contribution in [2.24, 2.45) is 4.99 Å². The van der Waals surface area contributed by atoms with E-state index in [1.807, 2.05) is 54.7 Å². The molecule has 1 aliphatic rings. The number of amidine groups is 1. The van der Waals surface area contributed by atoms with Gasteiger partial charge in [0.15, 0.2) is 16.7 Å². The highest BCUT2D eigenvalue weighted by molar-refractivity contribution is 8.18. The summed E-state index contributed by atoms with van der Waals surface area (Å²) in [4.78, 5) is 24.1. The second-order valence-electron chi connectivity index (χ2n) is 8.72. The number of carbonyl (C=O) groups is 1. The standard InChI is InChI=1S/C30H29N3O5S/c1-35-22-11-9-21(10-12-22)32-30-33(14-13-19-18-31-24-8-6-5-7-23(19)24)29(34)28(39-30)16-20-15-26(37-3)27(38-4)17-25(20)36-2/h5-12,15-18,31H,13-14H2,1-4H3. The van der Waals surface area contributed by atoms with Crippen LogP contribution in [0.3, 0.4) is 0 Å². The molecule has 0 spiro atoms. The largest absolute Gasteiger partial charge is 0.497 e. The topological polar surface area (TPSA) is 85.4 Å². The van der Waals surface area contributed by atoms with Crippen molar-refractivity contribution in [2.45, 2.75) is 6.42 Å². The number of nitrogens with one attached hydrogen (secondary N) is 1. The number of aromatic nitrogens is 1. The van der Waals surface area contributed by atoms with Crippen LogP contribution in [-0.4, -0.2) is 55.9 Å². The van der Waals surface area contributed by atoms with Crippen molar-refractivity contribution in [3.8, 4) is 23.0 Å². The average Bonchev–Trinajstić information content (AvgIpc) is 3.51. The van der Waals surface area contributed by atoms with Crippen molar-refractivity contribution in [2.75, 3.05) is 35.0 Å². The van der Waals surface area contributed by atoms with Crippen molar-refractivity contribution < 1.29 is 23.7 Å². The number of aromatic amines is 1. The van der Waals surface area contributed by atoms with Crippen molar-refractivity contribution in [3.63, 3.8) is 0 Å². The molecule has 4 aromatic rings. The maximum absolute atomic E-state index is 13.7. The second kappa shape index (κ2) is 11.6. The lowest BCUT2D eigenvalue weighted by Gasteiger charge is -2.15. The van der Waals surface area contributed by atoms with E-state index in [9.17, 15) is 4.79 Å². The van der Waals surface area contributed by atoms with Gasteiger partial charge in [0.2, 0.25) is 0 Å². The average molecular weight is 544 g/mol. The summed E-state index contributed by atoms with van der Waals surface area (Å²) in [5.41, 5.74) is 3.65. The zero-order chi connectivity index (χ0) is 27.4. The molecule has 0 bridgehead atoms. The Hall–Kier alpha value is -4.37. The summed E-state index contributed by atoms with van der Waals surface area (Å²) in [6, 6.07) is 19.1. The molecule has 9 heteroatoms. The number of hydrogen-bond acceptors (Lipinski definition) is 7. The van der Waals surface area contributed by atoms with Crippen LogP contribution in [0.1, 0.15) is 11.1 Å². The smallest absolute Gasteiger partial charge is 0.266 e. The highest BCUT2D eigenvalue weighted by atomic mass is 32.2. The molecule has 0 atom stereocenters. The number of nitrogens with zero attached hydrogens (tertiary/aromatic N) is 2. The number of rotatable bonds is 9. The molecule has 0 unspecified atom stereocenters. The maximum Gasteiger partial charge on any atom is 0.266 e. The first-order valence-corrected chi connectivity index (χ1v) is 13.2. The fourth-order valence-corrected chi connectivity index (χ4v) is 5.45. The Morgan fingerprint density at radius 1 is 0.897 bits per heavy atom. The van der Waals surface area contributed by atoms with Crippen LogP contribution in [0.2, 0.25) is 0 Å². The SMILES string of the molecule is COc1ccc(N=C2SC(=Cc3cc(OC)c(OC)cc3OC)C(=O)N2CCc2c[nH]c3ccccc23)cc1. The number of ether oxygens (including phenoxy) is 4. The lowest BCUT2D eigenvalue weighted by molar-refractivity contribution is -0.122. The van der Waals surface area contributed by atoms with Crippen molar-refractivity contribution in [1.29, 1.82) is 0 Å². The van der Waals surface area contributed by atoms with Crippen LogP contribution in [0.5, 0.6) is 23.0 Å². The minimum atomic E-state index is -0.121. The van der Waals surface area contributed by atoms with Crippen molar-refractivity contribution in [3.05, 3.63) is 82.9 Å². The van der Waals surface area contributed by atoms with Gasteiger partial charge >= 0.3 is 0 Å². The van der Waals surface area contributed by atoms with Gasteiger partial charge in [-0.05, 0) is 66.2 Å². The third-order valence-corrected chi connectivity index (χ3v) is 7.49. The summed E-state index contributed by atoms with van der Waals surface area (Å²) in [6.07, 6.45) is 4.48. The van der Waals surface area contributed by atoms with E-state index < -0.39 is 0 Å². The number of para-hydroxylation sites is 1. The number of carbonyl (C=O) groups excluding carboxylic acids is 1. The fourth-order valence-electron chi connectivity index (χ4n) is 4.43. The molecule has 1 aromatic heterocycles. The normalized spacial score (nSPS) is 15.4. The summed E-state index contributed by atoms with van der Waals surface area (Å²) >= 11 is 1.33. The van der Waals surface area contributed by atoms with Gasteiger partial charge in [0.25, 0.3) is 5.91 Å². The highest BCUT2D eigenvalue weighted by Crippen LogP contribution is 2.39. The van der Waals surface area contributed by atoms with Crippen molar-refractivity contribution in [1.82, 2.24) is 9.88 Å². The molecule has 39 heavy (non-hydrogen) atoms. The molecular weight excluding hydrogens is 514 g/mol. The van der Waals surface area contributed by atoms with Gasteiger partial charge in [-0.3, -0.25) is 9.69 Å². The van der Waals surface area contributed by atoms with Gasteiger partial charge in [0, 0.05) is 35.3 Å². The zero-order valence-corrected chi connectivity index (χ0v) is 23.0. The fraction of sp³-hybridized carbons (Fsp3) is 0.200. The number of thioether (sulfide) groups is 1. The summed E-state index contributed by atoms with van der Waals surface area (Å²) in [5, 5.41) is 1.76. The Morgan fingerprint density at radius 2 is 1.62 bits per heavy atom. The summed E-state index contributed by atoms with van der Waals surface area (Å²) in [6.45, 7) is 0.475. The monoisotopic (exact) mass is 543 g/mol. The first-order chi connectivity index (χ1) is 19.0. The Labute approximate surface area is 231 Å². The molecule has 200 valence electrons. The number of benzene rings is 3. The molecular formula is C30H29N3O5S. The van der Waals surface area contributed by atoms with E-state index in [-0.39, 0.29) is 5.91 Å². The van der Waals surface area contributed by atoms with Crippen LogP contribution in [0.4, 0.5) is 5.69 Å². The molecule has 1 amide bonds. The summed E-state index contributed by atoms with van der Waals surface area (Å²) < 4.78 is 21.7. The van der Waals surface area contributed by atoms with Gasteiger partial charge in [-0.25, -0.2) is 4.99 Å². The number of aliphatic imine (C=N–C) groups is 1. The second-order valence-corrected chi connectivity index (χ2v) is 9.73. The molecule has 0 saturated carbocycles. The van der Waals surface area contributed by atoms with Gasteiger partial charge < -0.3 is 23.9 Å². The van der Waals surface area contributed by atoms with Gasteiger partial charge in [-0.2, -0.15) is 0 Å². The number of fused-ring (bicyclic) bond motifs is 1. The van der Waals surface area contributed by atoms with E-state index in [0.29, 0.717) is 45.9 Å². The number of H-pyrrole nitrogens is 1. The quantitative estimate of drug-likeness (QED) is 0.259. The van der Waals surface area contributed by atoms with E-state index >= 15 is 0 Å². The molecule has 1 fully saturated rings. The Bertz CT molecular complexity index is 1560. The van der Waals surface area contributed by atoms with E-state index in [2.05, 4.69) is 11.1 Å². The number of methoxy groups -OCH3 is 4. The Morgan fingerprint density at radius 3 is 2.33 bits per heavy atom. The Kier molecular flexibility index (Phi) is 7.79. The lowest BCUT2D eigenvalue weighted by atomic mass is 10.1. The third-order valence-electron chi connectivity index (χ3n) is 6.49. The minimum Gasteiger partial charge on any atom is -0.497 e. The van der Waals surface area contributed by atoms with Crippen LogP contribution in [0.15, 0.2) is 76.8 Å². The third kappa shape index (κ3) is 5.44. The molecule has 1 saturated heterocycles. The molecule has 0 radical (unpaired) electrons. The molecule has 0 aliphatic carbocycles. The van der Waals surface area contributed by atoms with Gasteiger partial charge in [-0.15, -0.1) is 0 Å². The predicted octanol–water partition coefficient (Wildman–Crippen LogP) is 6.05. The molecule has 2 heterocycles. The number of hydrogen-bond donors (Lipinski definition) is 1. The summed E-state index contributed by atoms with van der Waals surface area (Å²) in [7, 11) is 6.34. The molecule has 1 aliphatic heterocycles. The number of amides is 1. The predicted molar refractivity (Wildman–Crippen MR) is 155 cm³/mol. The highest BCUT2D eigenvalue weighted by Gasteiger charge is 2.33. The van der Waals surface area contributed by atoms with Gasteiger partial charge in [-0.1, -0.05) is 18.2 Å². The maximum atomic E-state index is 13.7. The first kappa shape index (κ1) is 26.2. The van der Waals surface area contributed by atoms with Gasteiger partial charge in [0.05, 0.1) is 39.0 Å². The lowest BCUT2D eigenvalue weighted by Crippen LogP contribution is -2.31. The van der Waals surface area contributed by atoms with Crippen LogP contribution in [0.25, 0.3) is 17.0 Å². The summed E-state index contributed by atoms with van der Waals surface area (Å²) in [5.74, 6) is 2.28. The first-order valence-electron chi connectivity index (χ1n) is 12.3. The Balaban J connectivity index is 1.50. The van der Waals surface area contributed by atoms with Crippen LogP contribution in [-0.2, 0) is 11.2 Å². The van der Waals surface area contributed by atoms with E-state index in [1.165, 1.54) is 11.8 Å². The van der Waals surface area contributed by atoms with E-state index in [0.717, 1.165) is 27.9 Å². The molecule has 3 aromatic carbocycles. The van der Waals surface area contributed by atoms with Gasteiger partial charge in [0.1, 0.15) is 11.5 Å². The molecule has 5 rings (SSSR count). The molecule has 8 nitrogen and oxygen atoms in total. The minimum absolute atomic E-state index is 0.121. The molecule has 1 N–H and O–H groups in total. The van der Waals surface area contributed by atoms with E-state index in [4.69, 9.17) is 23.9 Å². The van der Waals surface area contributed by atoms with Crippen molar-refractivity contribution >= 4 is 45.5 Å². The van der Waals surface area contributed by atoms with Crippen LogP contribution < -0.4 is 18.9 Å². The van der Waals surface area contributed by atoms with Crippen LogP contribution >= 0.6 is 11.8 Å². The zero-order valence-electron chi connectivity index (χ0n) is 22.2. The van der Waals surface area contributed by atoms with Crippen LogP contribution in [0, 0.1) is 0 Å².